The first-order valence-electron chi connectivity index (χ1n) is 12.1. The fourth-order valence-electron chi connectivity index (χ4n) is 7.47. The van der Waals surface area contributed by atoms with Crippen molar-refractivity contribution in [3.8, 4) is 0 Å². The van der Waals surface area contributed by atoms with Crippen molar-refractivity contribution >= 4 is 0 Å². The molecule has 3 fully saturated rings. The summed E-state index contributed by atoms with van der Waals surface area (Å²) in [6.45, 7) is 11.1. The lowest BCUT2D eigenvalue weighted by Gasteiger charge is -2.43. The third kappa shape index (κ3) is 3.78. The fraction of sp³-hybridized carbons (Fsp3) is 0.778. The Hall–Kier alpha value is -0.940. The molecule has 3 aliphatic carbocycles. The highest BCUT2D eigenvalue weighted by atomic mass is 16.8. The number of allylic oxidation sites excluding steroid dienone is 5. The van der Waals surface area contributed by atoms with Crippen molar-refractivity contribution < 1.29 is 19.3 Å². The van der Waals surface area contributed by atoms with Gasteiger partial charge in [0.2, 0.25) is 0 Å². The molecule has 4 heteroatoms. The Morgan fingerprint density at radius 2 is 2.00 bits per heavy atom. The third-order valence-corrected chi connectivity index (χ3v) is 9.05. The van der Waals surface area contributed by atoms with Gasteiger partial charge in [0.1, 0.15) is 0 Å². The summed E-state index contributed by atoms with van der Waals surface area (Å²) in [6, 6.07) is 0. The highest BCUT2D eigenvalue weighted by molar-refractivity contribution is 5.28. The van der Waals surface area contributed by atoms with E-state index in [1.54, 1.807) is 14.2 Å². The molecule has 0 amide bonds. The van der Waals surface area contributed by atoms with Gasteiger partial charge >= 0.3 is 0 Å². The van der Waals surface area contributed by atoms with E-state index in [1.165, 1.54) is 24.0 Å². The number of hydrogen-bond donors (Lipinski definition) is 1. The molecule has 0 spiro atoms. The Bertz CT molecular complexity index is 776. The Labute approximate surface area is 188 Å². The van der Waals surface area contributed by atoms with Crippen molar-refractivity contribution in [2.24, 2.45) is 35.0 Å². The Morgan fingerprint density at radius 1 is 1.26 bits per heavy atom. The maximum absolute atomic E-state index is 11.5. The monoisotopic (exact) mass is 430 g/mol. The zero-order valence-corrected chi connectivity index (χ0v) is 20.5. The van der Waals surface area contributed by atoms with E-state index < -0.39 is 11.4 Å². The van der Waals surface area contributed by atoms with Crippen molar-refractivity contribution in [1.29, 1.82) is 0 Å². The zero-order chi connectivity index (χ0) is 22.6. The molecular weight excluding hydrogens is 388 g/mol. The van der Waals surface area contributed by atoms with Gasteiger partial charge in [0, 0.05) is 26.6 Å². The molecule has 1 aliphatic heterocycles. The van der Waals surface area contributed by atoms with Gasteiger partial charge in [-0.1, -0.05) is 43.7 Å². The van der Waals surface area contributed by atoms with Gasteiger partial charge < -0.3 is 19.3 Å². The summed E-state index contributed by atoms with van der Waals surface area (Å²) in [5.41, 5.74) is 1.93. The minimum absolute atomic E-state index is 0.0595. The smallest absolute Gasteiger partial charge is 0.183 e. The number of rotatable bonds is 5. The summed E-state index contributed by atoms with van der Waals surface area (Å²) < 4.78 is 18.1. The van der Waals surface area contributed by atoms with Crippen LogP contribution in [0.1, 0.15) is 66.7 Å². The molecule has 1 saturated heterocycles. The molecule has 9 unspecified atom stereocenters. The molecule has 0 aromatic carbocycles. The van der Waals surface area contributed by atoms with E-state index in [1.807, 2.05) is 6.92 Å². The van der Waals surface area contributed by atoms with Crippen molar-refractivity contribution in [3.63, 3.8) is 0 Å². The van der Waals surface area contributed by atoms with Crippen LogP contribution in [-0.4, -0.2) is 37.0 Å². The minimum atomic E-state index is -0.809. The van der Waals surface area contributed by atoms with Gasteiger partial charge in [-0.2, -0.15) is 0 Å². The second-order valence-corrected chi connectivity index (χ2v) is 11.4. The zero-order valence-electron chi connectivity index (χ0n) is 20.5. The molecule has 2 saturated carbocycles. The molecule has 31 heavy (non-hydrogen) atoms. The molecule has 0 aromatic rings. The van der Waals surface area contributed by atoms with Gasteiger partial charge in [-0.15, -0.1) is 0 Å². The number of fused-ring (bicyclic) bond motifs is 1. The van der Waals surface area contributed by atoms with E-state index in [0.29, 0.717) is 24.2 Å². The topological polar surface area (TPSA) is 47.9 Å². The average molecular weight is 431 g/mol. The number of methoxy groups -OCH3 is 2. The first-order chi connectivity index (χ1) is 14.6. The highest BCUT2D eigenvalue weighted by Crippen LogP contribution is 2.65. The number of hydrogen-bond acceptors (Lipinski definition) is 4. The van der Waals surface area contributed by atoms with Crippen molar-refractivity contribution in [2.75, 3.05) is 14.2 Å². The Balaban J connectivity index is 1.69. The van der Waals surface area contributed by atoms with Gasteiger partial charge in [0.25, 0.3) is 0 Å². The summed E-state index contributed by atoms with van der Waals surface area (Å²) >= 11 is 0. The minimum Gasteiger partial charge on any atom is -0.390 e. The third-order valence-electron chi connectivity index (χ3n) is 9.05. The maximum Gasteiger partial charge on any atom is 0.183 e. The second kappa shape index (κ2) is 8.13. The lowest BCUT2D eigenvalue weighted by atomic mass is 9.62. The van der Waals surface area contributed by atoms with Crippen molar-refractivity contribution in [3.05, 3.63) is 35.5 Å². The van der Waals surface area contributed by atoms with Crippen LogP contribution in [0.5, 0.6) is 0 Å². The molecule has 174 valence electrons. The number of ether oxygens (including phenoxy) is 3. The molecule has 4 aliphatic rings. The van der Waals surface area contributed by atoms with Crippen molar-refractivity contribution in [1.82, 2.24) is 0 Å². The SMILES string of the molecule is COC1OC2(OC)CC(C)(O)C3CC4(C)CCC(C(C)C=CC=C(C)C)C4CC=C1C32. The fourth-order valence-corrected chi connectivity index (χ4v) is 7.47. The summed E-state index contributed by atoms with van der Waals surface area (Å²) in [6.07, 6.45) is 13.9. The first kappa shape index (κ1) is 23.2. The largest absolute Gasteiger partial charge is 0.390 e. The van der Waals surface area contributed by atoms with Gasteiger partial charge in [-0.3, -0.25) is 0 Å². The molecule has 4 nitrogen and oxygen atoms in total. The van der Waals surface area contributed by atoms with Crippen LogP contribution in [0.3, 0.4) is 0 Å². The van der Waals surface area contributed by atoms with Crippen LogP contribution < -0.4 is 0 Å². The predicted molar refractivity (Wildman–Crippen MR) is 123 cm³/mol. The normalized spacial score (nSPS) is 47.5. The Morgan fingerprint density at radius 3 is 2.65 bits per heavy atom. The average Bonchev–Trinajstić information content (AvgIpc) is 3.23. The molecule has 4 rings (SSSR count). The predicted octanol–water partition coefficient (Wildman–Crippen LogP) is 5.63. The van der Waals surface area contributed by atoms with Crippen LogP contribution in [0, 0.1) is 35.0 Å². The van der Waals surface area contributed by atoms with Gasteiger partial charge in [0.15, 0.2) is 12.1 Å². The van der Waals surface area contributed by atoms with E-state index in [2.05, 4.69) is 52.0 Å². The van der Waals surface area contributed by atoms with Crippen LogP contribution in [0.4, 0.5) is 0 Å². The summed E-state index contributed by atoms with van der Waals surface area (Å²) in [4.78, 5) is 0. The highest BCUT2D eigenvalue weighted by Gasteiger charge is 2.68. The first-order valence-corrected chi connectivity index (χ1v) is 12.1. The van der Waals surface area contributed by atoms with Crippen LogP contribution >= 0.6 is 0 Å². The van der Waals surface area contributed by atoms with E-state index in [9.17, 15) is 5.11 Å². The molecule has 1 N–H and O–H groups in total. The van der Waals surface area contributed by atoms with Crippen LogP contribution in [0.2, 0.25) is 0 Å². The molecule has 0 aromatic heterocycles. The van der Waals surface area contributed by atoms with Crippen molar-refractivity contribution in [2.45, 2.75) is 84.4 Å². The molecule has 9 atom stereocenters. The van der Waals surface area contributed by atoms with E-state index in [-0.39, 0.29) is 23.5 Å². The van der Waals surface area contributed by atoms with Crippen LogP contribution in [0.15, 0.2) is 35.5 Å². The second-order valence-electron chi connectivity index (χ2n) is 11.4. The number of aliphatic hydroxyl groups is 1. The van der Waals surface area contributed by atoms with Gasteiger partial charge in [0.05, 0.1) is 5.60 Å². The van der Waals surface area contributed by atoms with Crippen LogP contribution in [0.25, 0.3) is 0 Å². The van der Waals surface area contributed by atoms with E-state index >= 15 is 0 Å². The van der Waals surface area contributed by atoms with E-state index in [4.69, 9.17) is 14.2 Å². The summed E-state index contributed by atoms with van der Waals surface area (Å²) in [5.74, 6) is 1.19. The molecular formula is C27H42O4. The van der Waals surface area contributed by atoms with E-state index in [0.717, 1.165) is 12.8 Å². The quantitative estimate of drug-likeness (QED) is 0.454. The summed E-state index contributed by atoms with van der Waals surface area (Å²) in [5, 5.41) is 11.5. The standard InChI is InChI=1S/C27H42O4/c1-17(2)9-8-10-18(3)19-13-14-25(4)15-22-23-20(11-12-21(19)25)24(29-6)31-27(23,30-7)16-26(22,5)28/h8-11,18-19,21-24,28H,12-16H2,1-7H3. The van der Waals surface area contributed by atoms with Crippen LogP contribution in [-0.2, 0) is 14.2 Å². The Kier molecular flexibility index (Phi) is 6.09. The molecule has 1 heterocycles. The van der Waals surface area contributed by atoms with Gasteiger partial charge in [-0.05, 0) is 81.1 Å². The maximum atomic E-state index is 11.5. The lowest BCUT2D eigenvalue weighted by molar-refractivity contribution is -0.265. The summed E-state index contributed by atoms with van der Waals surface area (Å²) in [7, 11) is 3.42. The molecule has 0 bridgehead atoms. The molecule has 0 radical (unpaired) electrons. The van der Waals surface area contributed by atoms with Gasteiger partial charge in [-0.25, -0.2) is 0 Å². The lowest BCUT2D eigenvalue weighted by Crippen LogP contribution is -2.40.